The molecule has 0 bridgehead atoms. The van der Waals surface area contributed by atoms with Gasteiger partial charge in [0, 0.05) is 6.07 Å². The average molecular weight is 278 g/mol. The smallest absolute Gasteiger partial charge is 0.338 e. The van der Waals surface area contributed by atoms with Crippen LogP contribution in [0.25, 0.3) is 0 Å². The first-order valence-corrected chi connectivity index (χ1v) is 7.06. The summed E-state index contributed by atoms with van der Waals surface area (Å²) < 4.78 is 15.9. The van der Waals surface area contributed by atoms with Crippen molar-refractivity contribution >= 4 is 5.97 Å². The Bertz CT molecular complexity index is 439. The lowest BCUT2D eigenvalue weighted by Gasteiger charge is -2.26. The number of carbonyl (C=O) groups is 1. The summed E-state index contributed by atoms with van der Waals surface area (Å²) >= 11 is 0. The Labute approximate surface area is 120 Å². The molecule has 0 spiro atoms. The molecule has 0 aromatic heterocycles. The van der Waals surface area contributed by atoms with E-state index >= 15 is 0 Å². The Morgan fingerprint density at radius 1 is 1.00 bits per heavy atom. The van der Waals surface area contributed by atoms with Gasteiger partial charge in [0.25, 0.3) is 0 Å². The van der Waals surface area contributed by atoms with Crippen molar-refractivity contribution in [1.82, 2.24) is 0 Å². The highest BCUT2D eigenvalue weighted by atomic mass is 16.5. The third kappa shape index (κ3) is 3.65. The van der Waals surface area contributed by atoms with E-state index in [1.54, 1.807) is 32.4 Å². The number of hydrogen-bond acceptors (Lipinski definition) is 4. The second-order valence-corrected chi connectivity index (χ2v) is 5.39. The van der Waals surface area contributed by atoms with Crippen molar-refractivity contribution in [3.63, 3.8) is 0 Å². The molecular weight excluding hydrogens is 256 g/mol. The third-order valence-corrected chi connectivity index (χ3v) is 3.82. The predicted molar refractivity (Wildman–Crippen MR) is 76.4 cm³/mol. The number of carbonyl (C=O) groups excluding carboxylic acids is 1. The molecule has 0 atom stereocenters. The minimum Gasteiger partial charge on any atom is -0.497 e. The van der Waals surface area contributed by atoms with Gasteiger partial charge in [-0.15, -0.1) is 0 Å². The van der Waals surface area contributed by atoms with Gasteiger partial charge in [-0.2, -0.15) is 0 Å². The highest BCUT2D eigenvalue weighted by Crippen LogP contribution is 2.28. The number of rotatable bonds is 4. The van der Waals surface area contributed by atoms with E-state index in [-0.39, 0.29) is 12.1 Å². The molecule has 2 rings (SSSR count). The number of esters is 1. The summed E-state index contributed by atoms with van der Waals surface area (Å²) in [5, 5.41) is 0. The first-order chi connectivity index (χ1) is 9.62. The van der Waals surface area contributed by atoms with Crippen LogP contribution >= 0.6 is 0 Å². The Kier molecular flexibility index (Phi) is 4.88. The zero-order valence-electron chi connectivity index (χ0n) is 12.3. The van der Waals surface area contributed by atoms with Crippen LogP contribution in [0.5, 0.6) is 11.5 Å². The molecule has 4 nitrogen and oxygen atoms in total. The minimum atomic E-state index is -0.304. The van der Waals surface area contributed by atoms with Gasteiger partial charge in [0.15, 0.2) is 0 Å². The van der Waals surface area contributed by atoms with E-state index in [9.17, 15) is 4.79 Å². The summed E-state index contributed by atoms with van der Waals surface area (Å²) in [6, 6.07) is 5.09. The second-order valence-electron chi connectivity index (χ2n) is 5.39. The fourth-order valence-electron chi connectivity index (χ4n) is 2.49. The van der Waals surface area contributed by atoms with Crippen molar-refractivity contribution in [2.45, 2.75) is 38.7 Å². The Balaban J connectivity index is 2.04. The van der Waals surface area contributed by atoms with E-state index in [0.29, 0.717) is 17.1 Å². The normalized spacial score (nSPS) is 22.1. The van der Waals surface area contributed by atoms with Crippen LogP contribution in [0, 0.1) is 5.92 Å². The zero-order chi connectivity index (χ0) is 14.5. The van der Waals surface area contributed by atoms with Gasteiger partial charge in [-0.3, -0.25) is 0 Å². The molecule has 0 unspecified atom stereocenters. The molecular formula is C16H22O4. The van der Waals surface area contributed by atoms with Crippen LogP contribution in [0.4, 0.5) is 0 Å². The highest BCUT2D eigenvalue weighted by Gasteiger charge is 2.22. The average Bonchev–Trinajstić information content (AvgIpc) is 2.48. The van der Waals surface area contributed by atoms with Crippen LogP contribution in [-0.4, -0.2) is 26.3 Å². The van der Waals surface area contributed by atoms with Crippen molar-refractivity contribution < 1.29 is 19.0 Å². The van der Waals surface area contributed by atoms with Gasteiger partial charge in [0.2, 0.25) is 0 Å². The Morgan fingerprint density at radius 3 is 2.05 bits per heavy atom. The van der Waals surface area contributed by atoms with E-state index in [0.717, 1.165) is 31.6 Å². The van der Waals surface area contributed by atoms with E-state index in [1.807, 2.05) is 0 Å². The summed E-state index contributed by atoms with van der Waals surface area (Å²) in [5.74, 6) is 1.62. The van der Waals surface area contributed by atoms with E-state index in [2.05, 4.69) is 6.92 Å². The number of benzene rings is 1. The molecule has 0 radical (unpaired) electrons. The highest BCUT2D eigenvalue weighted by molar-refractivity contribution is 5.90. The largest absolute Gasteiger partial charge is 0.497 e. The summed E-state index contributed by atoms with van der Waals surface area (Å²) in [5.41, 5.74) is 0.472. The molecule has 4 heteroatoms. The molecule has 0 N–H and O–H groups in total. The van der Waals surface area contributed by atoms with Crippen molar-refractivity contribution in [1.29, 1.82) is 0 Å². The molecule has 1 fully saturated rings. The molecule has 1 aromatic rings. The standard InChI is InChI=1S/C16H22O4/c1-11-4-6-13(7-5-11)20-16(17)12-8-14(18-2)10-15(9-12)19-3/h8-11,13H,4-7H2,1-3H3. The van der Waals surface area contributed by atoms with Crippen molar-refractivity contribution in [3.05, 3.63) is 23.8 Å². The van der Waals surface area contributed by atoms with Gasteiger partial charge in [-0.25, -0.2) is 4.79 Å². The van der Waals surface area contributed by atoms with Gasteiger partial charge in [-0.1, -0.05) is 6.92 Å². The first-order valence-electron chi connectivity index (χ1n) is 7.06. The molecule has 110 valence electrons. The fraction of sp³-hybridized carbons (Fsp3) is 0.562. The molecule has 1 saturated carbocycles. The fourth-order valence-corrected chi connectivity index (χ4v) is 2.49. The SMILES string of the molecule is COc1cc(OC)cc(C(=O)OC2CCC(C)CC2)c1. The van der Waals surface area contributed by atoms with Crippen LogP contribution in [0.15, 0.2) is 18.2 Å². The monoisotopic (exact) mass is 278 g/mol. The molecule has 0 saturated heterocycles. The van der Waals surface area contributed by atoms with Gasteiger partial charge in [0.05, 0.1) is 19.8 Å². The van der Waals surface area contributed by atoms with Crippen LogP contribution in [0.1, 0.15) is 43.0 Å². The summed E-state index contributed by atoms with van der Waals surface area (Å²) in [4.78, 5) is 12.2. The molecule has 0 amide bonds. The van der Waals surface area contributed by atoms with Crippen molar-refractivity contribution in [3.8, 4) is 11.5 Å². The maximum Gasteiger partial charge on any atom is 0.338 e. The third-order valence-electron chi connectivity index (χ3n) is 3.82. The van der Waals surface area contributed by atoms with Crippen molar-refractivity contribution in [2.75, 3.05) is 14.2 Å². The summed E-state index contributed by atoms with van der Waals surface area (Å²) in [6.45, 7) is 2.24. The Hall–Kier alpha value is -1.71. The van der Waals surface area contributed by atoms with Crippen molar-refractivity contribution in [2.24, 2.45) is 5.92 Å². The predicted octanol–water partition coefficient (Wildman–Crippen LogP) is 3.44. The lowest BCUT2D eigenvalue weighted by atomic mass is 9.89. The second kappa shape index (κ2) is 6.64. The van der Waals surface area contributed by atoms with Gasteiger partial charge in [0.1, 0.15) is 17.6 Å². The first kappa shape index (κ1) is 14.7. The summed E-state index contributed by atoms with van der Waals surface area (Å²) in [6.07, 6.45) is 4.19. The van der Waals surface area contributed by atoms with E-state index in [1.165, 1.54) is 0 Å². The van der Waals surface area contributed by atoms with E-state index in [4.69, 9.17) is 14.2 Å². The van der Waals surface area contributed by atoms with Crippen LogP contribution < -0.4 is 9.47 Å². The van der Waals surface area contributed by atoms with Gasteiger partial charge in [-0.05, 0) is 43.7 Å². The maximum absolute atomic E-state index is 12.2. The summed E-state index contributed by atoms with van der Waals surface area (Å²) in [7, 11) is 3.12. The lowest BCUT2D eigenvalue weighted by Crippen LogP contribution is -2.23. The Morgan fingerprint density at radius 2 is 1.55 bits per heavy atom. The number of ether oxygens (including phenoxy) is 3. The minimum absolute atomic E-state index is 0.0379. The quantitative estimate of drug-likeness (QED) is 0.791. The van der Waals surface area contributed by atoms with Crippen LogP contribution in [0.2, 0.25) is 0 Å². The number of methoxy groups -OCH3 is 2. The zero-order valence-corrected chi connectivity index (χ0v) is 12.3. The molecule has 0 heterocycles. The van der Waals surface area contributed by atoms with Gasteiger partial charge < -0.3 is 14.2 Å². The molecule has 1 aliphatic carbocycles. The van der Waals surface area contributed by atoms with Crippen LogP contribution in [-0.2, 0) is 4.74 Å². The molecule has 1 aliphatic rings. The lowest BCUT2D eigenvalue weighted by molar-refractivity contribution is 0.0173. The molecule has 20 heavy (non-hydrogen) atoms. The van der Waals surface area contributed by atoms with E-state index < -0.39 is 0 Å². The van der Waals surface area contributed by atoms with Gasteiger partial charge >= 0.3 is 5.97 Å². The molecule has 0 aliphatic heterocycles. The maximum atomic E-state index is 12.2. The molecule has 1 aromatic carbocycles. The topological polar surface area (TPSA) is 44.8 Å². The number of hydrogen-bond donors (Lipinski definition) is 0. The van der Waals surface area contributed by atoms with Crippen LogP contribution in [0.3, 0.4) is 0 Å².